The molecule has 201 valence electrons. The van der Waals surface area contributed by atoms with Crippen LogP contribution in [0.25, 0.3) is 21.5 Å². The molecule has 1 aliphatic heterocycles. The van der Waals surface area contributed by atoms with Gasteiger partial charge in [-0.25, -0.2) is 0 Å². The zero-order valence-corrected chi connectivity index (χ0v) is 23.5. The summed E-state index contributed by atoms with van der Waals surface area (Å²) >= 11 is 0.759. The number of benzene rings is 2. The molecule has 13 heteroatoms. The minimum absolute atomic E-state index is 0.211. The number of aromatic nitrogens is 3. The van der Waals surface area contributed by atoms with Gasteiger partial charge in [-0.05, 0) is 0 Å². The van der Waals surface area contributed by atoms with Crippen LogP contribution in [0.5, 0.6) is 11.6 Å². The van der Waals surface area contributed by atoms with E-state index in [0.29, 0.717) is 63.1 Å². The molecule has 10 nitrogen and oxygen atoms in total. The normalized spacial score (nSPS) is 15.6. The van der Waals surface area contributed by atoms with Crippen molar-refractivity contribution in [1.82, 2.24) is 19.9 Å². The molecule has 39 heavy (non-hydrogen) atoms. The number of alkyl halides is 1. The molecular formula is C26H24AsFN5O5S. The molecule has 2 aromatic carbocycles. The second kappa shape index (κ2) is 12.1. The Labute approximate surface area is 233 Å². The van der Waals surface area contributed by atoms with Gasteiger partial charge in [0.1, 0.15) is 0 Å². The van der Waals surface area contributed by atoms with Gasteiger partial charge in [-0.1, -0.05) is 0 Å². The van der Waals surface area contributed by atoms with Crippen LogP contribution in [0.3, 0.4) is 0 Å². The number of thiazole rings is 1. The van der Waals surface area contributed by atoms with E-state index in [4.69, 9.17) is 14.5 Å². The molecule has 2 aromatic heterocycles. The third-order valence-corrected chi connectivity index (χ3v) is 9.01. The van der Waals surface area contributed by atoms with Crippen LogP contribution >= 0.6 is 11.3 Å². The number of fused-ring (bicyclic) bond motifs is 1. The third kappa shape index (κ3) is 6.70. The Hall–Kier alpha value is -3.60. The molecule has 1 radical (unpaired) electrons. The Balaban J connectivity index is 1.44. The van der Waals surface area contributed by atoms with Crippen molar-refractivity contribution in [2.45, 2.75) is 24.9 Å². The Morgan fingerprint density at radius 1 is 1.23 bits per heavy atom. The number of para-hydroxylation sites is 1. The van der Waals surface area contributed by atoms with Gasteiger partial charge in [0, 0.05) is 0 Å². The summed E-state index contributed by atoms with van der Waals surface area (Å²) in [5.74, 6) is 0.586. The molecule has 1 saturated heterocycles. The predicted octanol–water partition coefficient (Wildman–Crippen LogP) is 4.10. The van der Waals surface area contributed by atoms with E-state index in [1.54, 1.807) is 36.4 Å². The Kier molecular flexibility index (Phi) is 8.35. The molecule has 0 aliphatic carbocycles. The number of ether oxygens (including phenoxy) is 2. The van der Waals surface area contributed by atoms with Gasteiger partial charge < -0.3 is 0 Å². The van der Waals surface area contributed by atoms with Crippen LogP contribution < -0.4 is 14.7 Å². The molecular weight excluding hydrogens is 588 g/mol. The van der Waals surface area contributed by atoms with Crippen LogP contribution in [0.1, 0.15) is 12.5 Å². The van der Waals surface area contributed by atoms with Crippen LogP contribution in [0, 0.1) is 0 Å². The number of carbonyl (C=O) groups is 2. The van der Waals surface area contributed by atoms with Crippen LogP contribution in [-0.4, -0.2) is 78.5 Å². The number of hydrogen-bond acceptors (Lipinski definition) is 8. The van der Waals surface area contributed by atoms with Crippen LogP contribution in [0.2, 0.25) is 5.21 Å². The van der Waals surface area contributed by atoms with E-state index in [2.05, 4.69) is 15.3 Å². The van der Waals surface area contributed by atoms with Crippen molar-refractivity contribution < 1.29 is 28.6 Å². The number of carbonyl (C=O) groups excluding carboxylic acids is 1. The van der Waals surface area contributed by atoms with Crippen molar-refractivity contribution in [2.75, 3.05) is 25.0 Å². The fourth-order valence-corrected chi connectivity index (χ4v) is 6.85. The number of rotatable bonds is 8. The fourth-order valence-electron chi connectivity index (χ4n) is 3.96. The van der Waals surface area contributed by atoms with E-state index < -0.39 is 28.5 Å². The van der Waals surface area contributed by atoms with Gasteiger partial charge in [-0.15, -0.1) is 0 Å². The van der Waals surface area contributed by atoms with E-state index in [1.165, 1.54) is 23.2 Å². The van der Waals surface area contributed by atoms with Crippen LogP contribution in [0.4, 0.5) is 14.3 Å². The Morgan fingerprint density at radius 3 is 2.79 bits per heavy atom. The number of nitrogens with zero attached hydrogens (tertiary/aromatic N) is 4. The number of amides is 2. The summed E-state index contributed by atoms with van der Waals surface area (Å²) in [7, 11) is 0. The first-order chi connectivity index (χ1) is 18.9. The van der Waals surface area contributed by atoms with Crippen LogP contribution in [-0.2, 0) is 16.2 Å². The van der Waals surface area contributed by atoms with Gasteiger partial charge in [0.15, 0.2) is 0 Å². The van der Waals surface area contributed by atoms with Gasteiger partial charge in [0.25, 0.3) is 0 Å². The average Bonchev–Trinajstić information content (AvgIpc) is 3.35. The molecule has 3 heterocycles. The summed E-state index contributed by atoms with van der Waals surface area (Å²) in [6.45, 7) is 1.88. The van der Waals surface area contributed by atoms with Crippen molar-refractivity contribution in [3.63, 3.8) is 0 Å². The average molecular weight is 612 g/mol. The summed E-state index contributed by atoms with van der Waals surface area (Å²) in [5.41, 5.74) is 2.57. The number of hydrogen-bond donors (Lipinski definition) is 2. The monoisotopic (exact) mass is 612 g/mol. The summed E-state index contributed by atoms with van der Waals surface area (Å²) in [6, 6.07) is 14.3. The number of anilines is 1. The topological polar surface area (TPSA) is 127 Å². The summed E-state index contributed by atoms with van der Waals surface area (Å²) in [6.07, 6.45) is -1.19. The Morgan fingerprint density at radius 2 is 2.05 bits per heavy atom. The van der Waals surface area contributed by atoms with Gasteiger partial charge in [-0.3, -0.25) is 0 Å². The molecule has 1 aliphatic rings. The molecule has 2 N–H and O–H groups in total. The maximum absolute atomic E-state index is 13.1. The molecule has 0 bridgehead atoms. The predicted molar refractivity (Wildman–Crippen MR) is 146 cm³/mol. The first-order valence-electron chi connectivity index (χ1n) is 12.0. The Bertz CT molecular complexity index is 1500. The number of halogens is 1. The second-order valence-corrected chi connectivity index (χ2v) is 12.0. The van der Waals surface area contributed by atoms with Gasteiger partial charge in [-0.2, -0.15) is 0 Å². The maximum atomic E-state index is 13.1. The first kappa shape index (κ1) is 27.0. The SMILES string of the molecule is CC(=O)Nc1nc2c(Oc3cc(-c4ccc(CF)cc4)nc([As]C[C@H]4CN(C(=O)O)CCO4)n3)cccc2s1. The zero-order valence-electron chi connectivity index (χ0n) is 20.8. The molecule has 0 spiro atoms. The summed E-state index contributed by atoms with van der Waals surface area (Å²) in [5, 5.41) is 13.1. The molecule has 5 rings (SSSR count). The third-order valence-electron chi connectivity index (χ3n) is 5.82. The molecule has 4 aromatic rings. The van der Waals surface area contributed by atoms with E-state index in [0.717, 1.165) is 10.3 Å². The van der Waals surface area contributed by atoms with Crippen molar-refractivity contribution >= 4 is 59.0 Å². The molecule has 2 amide bonds. The number of nitrogens with one attached hydrogen (secondary N) is 1. The van der Waals surface area contributed by atoms with Crippen molar-refractivity contribution in [2.24, 2.45) is 0 Å². The second-order valence-electron chi connectivity index (χ2n) is 8.69. The van der Waals surface area contributed by atoms with Crippen molar-refractivity contribution in [3.05, 3.63) is 54.1 Å². The summed E-state index contributed by atoms with van der Waals surface area (Å²) in [4.78, 5) is 38.1. The van der Waals surface area contributed by atoms with E-state index in [-0.39, 0.29) is 12.0 Å². The molecule has 0 saturated carbocycles. The van der Waals surface area contributed by atoms with E-state index in [1.807, 2.05) is 12.1 Å². The zero-order chi connectivity index (χ0) is 27.4. The number of carboxylic acid groups (broad SMARTS) is 1. The van der Waals surface area contributed by atoms with Crippen LogP contribution in [0.15, 0.2) is 48.5 Å². The minimum atomic E-state index is -0.955. The van der Waals surface area contributed by atoms with Crippen molar-refractivity contribution in [3.8, 4) is 22.9 Å². The number of morpholine rings is 1. The van der Waals surface area contributed by atoms with Gasteiger partial charge in [0.05, 0.1) is 0 Å². The molecule has 0 unspecified atom stereocenters. The standard InChI is InChI=1S/C26H24AsFN5O5S/c1-15(34)29-25-32-23-20(3-2-4-21(23)39-25)38-22-11-19(17-7-5-16(13-28)6-8-17)30-24(31-22)27-12-18-14-33(26(35)36)9-10-37-18/h2-8,11,18H,9-10,12-14H2,1H3,(H,35,36)(H,29,32,34)/t18-/m0/s1. The fraction of sp³-hybridized carbons (Fsp3) is 0.269. The van der Waals surface area contributed by atoms with Gasteiger partial charge >= 0.3 is 234 Å². The molecule has 1 atom stereocenters. The van der Waals surface area contributed by atoms with E-state index in [9.17, 15) is 19.1 Å². The molecule has 1 fully saturated rings. The van der Waals surface area contributed by atoms with Crippen molar-refractivity contribution in [1.29, 1.82) is 0 Å². The van der Waals surface area contributed by atoms with Gasteiger partial charge in [0.2, 0.25) is 0 Å². The summed E-state index contributed by atoms with van der Waals surface area (Å²) < 4.78 is 26.5. The first-order valence-corrected chi connectivity index (χ1v) is 15.1. The quantitative estimate of drug-likeness (QED) is 0.285. The van der Waals surface area contributed by atoms with E-state index >= 15 is 0 Å².